The highest BCUT2D eigenvalue weighted by molar-refractivity contribution is 6.33. The lowest BCUT2D eigenvalue weighted by Crippen LogP contribution is -2.12. The van der Waals surface area contributed by atoms with Crippen molar-refractivity contribution in [3.8, 4) is 5.75 Å². The second kappa shape index (κ2) is 5.03. The van der Waals surface area contributed by atoms with Crippen LogP contribution in [-0.2, 0) is 5.41 Å². The van der Waals surface area contributed by atoms with Gasteiger partial charge in [-0.2, -0.15) is 0 Å². The van der Waals surface area contributed by atoms with Crippen LogP contribution in [0, 0.1) is 0 Å². The third-order valence-corrected chi connectivity index (χ3v) is 4.25. The third kappa shape index (κ3) is 2.26. The Morgan fingerprint density at radius 1 is 1.09 bits per heavy atom. The summed E-state index contributed by atoms with van der Waals surface area (Å²) in [5.41, 5.74) is 2.59. The Balaban J connectivity index is 2.46. The molecule has 0 radical (unpaired) electrons. The number of hydrogen-bond donors (Lipinski definition) is 1. The van der Waals surface area contributed by atoms with Crippen LogP contribution in [0.3, 0.4) is 0 Å². The van der Waals surface area contributed by atoms with Crippen molar-refractivity contribution in [2.45, 2.75) is 26.2 Å². The molecular weight excluding hydrogens is 298 g/mol. The van der Waals surface area contributed by atoms with Gasteiger partial charge in [-0.15, -0.1) is 0 Å². The van der Waals surface area contributed by atoms with E-state index >= 15 is 0 Å². The van der Waals surface area contributed by atoms with Crippen molar-refractivity contribution in [3.63, 3.8) is 0 Å². The van der Waals surface area contributed by atoms with Gasteiger partial charge in [0.05, 0.1) is 28.6 Å². The van der Waals surface area contributed by atoms with E-state index in [9.17, 15) is 4.79 Å². The SMILES string of the molecule is COc1c(Cl)ccc2c(=O)c3ccc(C(C)(C)C)cc3[nH]c12. The van der Waals surface area contributed by atoms with Crippen molar-refractivity contribution < 1.29 is 4.74 Å². The van der Waals surface area contributed by atoms with Crippen LogP contribution in [0.4, 0.5) is 0 Å². The van der Waals surface area contributed by atoms with E-state index in [2.05, 4.69) is 25.8 Å². The highest BCUT2D eigenvalue weighted by atomic mass is 35.5. The maximum Gasteiger partial charge on any atom is 0.197 e. The van der Waals surface area contributed by atoms with Gasteiger partial charge < -0.3 is 9.72 Å². The summed E-state index contributed by atoms with van der Waals surface area (Å²) in [4.78, 5) is 16.0. The first-order valence-corrected chi connectivity index (χ1v) is 7.53. The summed E-state index contributed by atoms with van der Waals surface area (Å²) in [5, 5.41) is 1.74. The first-order valence-electron chi connectivity index (χ1n) is 7.15. The molecule has 0 saturated heterocycles. The highest BCUT2D eigenvalue weighted by Gasteiger charge is 2.16. The largest absolute Gasteiger partial charge is 0.493 e. The molecule has 0 unspecified atom stereocenters. The molecular formula is C18H18ClNO2. The van der Waals surface area contributed by atoms with Crippen LogP contribution in [0.5, 0.6) is 5.75 Å². The second-order valence-electron chi connectivity index (χ2n) is 6.47. The Morgan fingerprint density at radius 2 is 1.77 bits per heavy atom. The number of benzene rings is 2. The van der Waals surface area contributed by atoms with Gasteiger partial charge in [0, 0.05) is 5.39 Å². The number of nitrogens with one attached hydrogen (secondary N) is 1. The Morgan fingerprint density at radius 3 is 2.41 bits per heavy atom. The number of hydrogen-bond acceptors (Lipinski definition) is 2. The van der Waals surface area contributed by atoms with E-state index in [1.54, 1.807) is 19.2 Å². The smallest absolute Gasteiger partial charge is 0.197 e. The van der Waals surface area contributed by atoms with Gasteiger partial charge in [0.1, 0.15) is 0 Å². The van der Waals surface area contributed by atoms with E-state index in [0.29, 0.717) is 27.1 Å². The van der Waals surface area contributed by atoms with Crippen molar-refractivity contribution in [1.29, 1.82) is 0 Å². The number of methoxy groups -OCH3 is 1. The van der Waals surface area contributed by atoms with Crippen molar-refractivity contribution in [2.24, 2.45) is 0 Å². The normalized spacial score (nSPS) is 12.0. The predicted molar refractivity (Wildman–Crippen MR) is 92.3 cm³/mol. The molecule has 0 fully saturated rings. The quantitative estimate of drug-likeness (QED) is 0.665. The minimum atomic E-state index is -0.0147. The number of halogens is 1. The molecule has 0 bridgehead atoms. The first-order chi connectivity index (χ1) is 10.3. The van der Waals surface area contributed by atoms with Crippen LogP contribution in [0.15, 0.2) is 35.1 Å². The molecule has 0 aliphatic heterocycles. The van der Waals surface area contributed by atoms with Crippen molar-refractivity contribution in [1.82, 2.24) is 4.98 Å². The first kappa shape index (κ1) is 14.9. The maximum absolute atomic E-state index is 12.7. The number of H-pyrrole nitrogens is 1. The zero-order chi connectivity index (χ0) is 16.1. The molecule has 0 saturated carbocycles. The van der Waals surface area contributed by atoms with Crippen LogP contribution < -0.4 is 10.2 Å². The van der Waals surface area contributed by atoms with Crippen LogP contribution in [0.25, 0.3) is 21.8 Å². The zero-order valence-electron chi connectivity index (χ0n) is 13.1. The monoisotopic (exact) mass is 315 g/mol. The molecule has 1 N–H and O–H groups in total. The van der Waals surface area contributed by atoms with Crippen LogP contribution in [0.1, 0.15) is 26.3 Å². The minimum absolute atomic E-state index is 0.0124. The number of aromatic nitrogens is 1. The number of fused-ring (bicyclic) bond motifs is 2. The van der Waals surface area contributed by atoms with Gasteiger partial charge >= 0.3 is 0 Å². The molecule has 3 nitrogen and oxygen atoms in total. The number of rotatable bonds is 1. The summed E-state index contributed by atoms with van der Waals surface area (Å²) >= 11 is 6.16. The van der Waals surface area contributed by atoms with Gasteiger partial charge in [-0.25, -0.2) is 0 Å². The summed E-state index contributed by atoms with van der Waals surface area (Å²) in [7, 11) is 1.55. The lowest BCUT2D eigenvalue weighted by Gasteiger charge is -2.19. The van der Waals surface area contributed by atoms with E-state index < -0.39 is 0 Å². The molecule has 0 amide bonds. The summed E-state index contributed by atoms with van der Waals surface area (Å²) in [6.07, 6.45) is 0. The molecule has 0 spiro atoms. The average Bonchev–Trinajstić information content (AvgIpc) is 2.46. The van der Waals surface area contributed by atoms with E-state index in [1.165, 1.54) is 0 Å². The molecule has 4 heteroatoms. The summed E-state index contributed by atoms with van der Waals surface area (Å²) < 4.78 is 5.36. The molecule has 0 aliphatic carbocycles. The van der Waals surface area contributed by atoms with Gasteiger partial charge in [-0.3, -0.25) is 4.79 Å². The topological polar surface area (TPSA) is 42.1 Å². The minimum Gasteiger partial charge on any atom is -0.493 e. The fourth-order valence-corrected chi connectivity index (χ4v) is 2.90. The Bertz CT molecular complexity index is 936. The van der Waals surface area contributed by atoms with E-state index in [4.69, 9.17) is 16.3 Å². The van der Waals surface area contributed by atoms with Crippen LogP contribution >= 0.6 is 11.6 Å². The van der Waals surface area contributed by atoms with Gasteiger partial charge in [-0.05, 0) is 35.2 Å². The molecule has 0 atom stereocenters. The molecule has 0 aliphatic rings. The van der Waals surface area contributed by atoms with Gasteiger partial charge in [-0.1, -0.05) is 38.4 Å². The lowest BCUT2D eigenvalue weighted by molar-refractivity contribution is 0.419. The van der Waals surface area contributed by atoms with Crippen molar-refractivity contribution in [3.05, 3.63) is 51.1 Å². The zero-order valence-corrected chi connectivity index (χ0v) is 13.8. The Hall–Kier alpha value is -2.00. The molecule has 22 heavy (non-hydrogen) atoms. The molecule has 2 aromatic carbocycles. The third-order valence-electron chi connectivity index (χ3n) is 3.95. The summed E-state index contributed by atoms with van der Waals surface area (Å²) in [5.74, 6) is 0.499. The fourth-order valence-electron chi connectivity index (χ4n) is 2.66. The van der Waals surface area contributed by atoms with Gasteiger partial charge in [0.15, 0.2) is 11.2 Å². The summed E-state index contributed by atoms with van der Waals surface area (Å²) in [6.45, 7) is 6.43. The van der Waals surface area contributed by atoms with Crippen LogP contribution in [0.2, 0.25) is 5.02 Å². The lowest BCUT2D eigenvalue weighted by atomic mass is 9.86. The number of pyridine rings is 1. The van der Waals surface area contributed by atoms with Crippen LogP contribution in [-0.4, -0.2) is 12.1 Å². The molecule has 1 aromatic heterocycles. The second-order valence-corrected chi connectivity index (χ2v) is 6.87. The number of aromatic amines is 1. The Kier molecular flexibility index (Phi) is 3.41. The van der Waals surface area contributed by atoms with E-state index in [0.717, 1.165) is 11.1 Å². The van der Waals surface area contributed by atoms with E-state index in [1.807, 2.05) is 18.2 Å². The van der Waals surface area contributed by atoms with E-state index in [-0.39, 0.29) is 10.8 Å². The standard InChI is InChI=1S/C18H18ClNO2/c1-18(2,3)10-5-6-11-14(9-10)20-15-12(16(11)21)7-8-13(19)17(15)22-4/h5-9H,1-4H3,(H,20,21). The van der Waals surface area contributed by atoms with Gasteiger partial charge in [0.2, 0.25) is 0 Å². The highest BCUT2D eigenvalue weighted by Crippen LogP contribution is 2.32. The van der Waals surface area contributed by atoms with Crippen molar-refractivity contribution >= 4 is 33.4 Å². The Labute approximate surface area is 133 Å². The predicted octanol–water partition coefficient (Wildman–Crippen LogP) is 4.64. The maximum atomic E-state index is 12.7. The average molecular weight is 316 g/mol. The molecule has 1 heterocycles. The fraction of sp³-hybridized carbons (Fsp3) is 0.278. The van der Waals surface area contributed by atoms with Gasteiger partial charge in [0.25, 0.3) is 0 Å². The molecule has 114 valence electrons. The number of ether oxygens (including phenoxy) is 1. The molecule has 3 rings (SSSR count). The molecule has 3 aromatic rings. The summed E-state index contributed by atoms with van der Waals surface area (Å²) in [6, 6.07) is 9.34. The van der Waals surface area contributed by atoms with Crippen molar-refractivity contribution in [2.75, 3.05) is 7.11 Å².